The van der Waals surface area contributed by atoms with Gasteiger partial charge in [-0.1, -0.05) is 24.3 Å². The second kappa shape index (κ2) is 3.93. The molecular formula is C9H7NOS. The molecule has 0 aromatic heterocycles. The second-order valence-corrected chi connectivity index (χ2v) is 2.74. The molecule has 0 amide bonds. The van der Waals surface area contributed by atoms with Gasteiger partial charge in [0.25, 0.3) is 0 Å². The van der Waals surface area contributed by atoms with Crippen LogP contribution in [0.4, 0.5) is 0 Å². The van der Waals surface area contributed by atoms with Gasteiger partial charge in [-0.25, -0.2) is 0 Å². The van der Waals surface area contributed by atoms with Crippen molar-refractivity contribution < 1.29 is 4.79 Å². The number of carbonyl (C=O) groups is 1. The van der Waals surface area contributed by atoms with Crippen molar-refractivity contribution in [1.29, 1.82) is 5.26 Å². The van der Waals surface area contributed by atoms with E-state index in [1.165, 1.54) is 0 Å². The molecule has 0 saturated heterocycles. The van der Waals surface area contributed by atoms with Crippen LogP contribution in [0.2, 0.25) is 0 Å². The molecule has 12 heavy (non-hydrogen) atoms. The van der Waals surface area contributed by atoms with Crippen LogP contribution < -0.4 is 0 Å². The maximum absolute atomic E-state index is 10.7. The summed E-state index contributed by atoms with van der Waals surface area (Å²) in [7, 11) is 0. The summed E-state index contributed by atoms with van der Waals surface area (Å²) in [6.45, 7) is 0. The molecular weight excluding hydrogens is 170 g/mol. The molecule has 1 aromatic rings. The largest absolute Gasteiger partial charge is 0.282 e. The molecule has 3 heteroatoms. The maximum atomic E-state index is 10.7. The Balaban J connectivity index is 2.87. The summed E-state index contributed by atoms with van der Waals surface area (Å²) in [6, 6.07) is 8.88. The van der Waals surface area contributed by atoms with Gasteiger partial charge in [-0.2, -0.15) is 5.26 Å². The molecule has 0 saturated carbocycles. The molecule has 0 aliphatic carbocycles. The Kier molecular flexibility index (Phi) is 2.89. The number of hydrogen-bond acceptors (Lipinski definition) is 2. The van der Waals surface area contributed by atoms with E-state index in [1.54, 1.807) is 24.3 Å². The molecule has 0 bridgehead atoms. The van der Waals surface area contributed by atoms with E-state index in [2.05, 4.69) is 12.6 Å². The highest BCUT2D eigenvalue weighted by Gasteiger charge is 1.98. The predicted molar refractivity (Wildman–Crippen MR) is 49.1 cm³/mol. The third-order valence-corrected chi connectivity index (χ3v) is 1.74. The molecule has 0 aliphatic heterocycles. The SMILES string of the molecule is N#CCc1ccc(C(=O)S)cc1. The van der Waals surface area contributed by atoms with Crippen LogP contribution in [0.5, 0.6) is 0 Å². The van der Waals surface area contributed by atoms with Crippen molar-refractivity contribution in [1.82, 2.24) is 0 Å². The highest BCUT2D eigenvalue weighted by atomic mass is 32.1. The summed E-state index contributed by atoms with van der Waals surface area (Å²) >= 11 is 3.67. The van der Waals surface area contributed by atoms with Crippen molar-refractivity contribution in [3.05, 3.63) is 35.4 Å². The number of rotatable bonds is 2. The fourth-order valence-electron chi connectivity index (χ4n) is 0.856. The van der Waals surface area contributed by atoms with Gasteiger partial charge in [0.2, 0.25) is 5.12 Å². The first-order valence-electron chi connectivity index (χ1n) is 3.43. The van der Waals surface area contributed by atoms with E-state index in [0.29, 0.717) is 12.0 Å². The third kappa shape index (κ3) is 2.11. The topological polar surface area (TPSA) is 40.9 Å². The maximum Gasteiger partial charge on any atom is 0.216 e. The molecule has 0 N–H and O–H groups in total. The van der Waals surface area contributed by atoms with Gasteiger partial charge in [0, 0.05) is 5.56 Å². The predicted octanol–water partition coefficient (Wildman–Crippen LogP) is 1.82. The van der Waals surface area contributed by atoms with Gasteiger partial charge < -0.3 is 0 Å². The van der Waals surface area contributed by atoms with Gasteiger partial charge in [-0.15, -0.1) is 12.6 Å². The Morgan fingerprint density at radius 1 is 1.42 bits per heavy atom. The average molecular weight is 177 g/mol. The summed E-state index contributed by atoms with van der Waals surface area (Å²) in [5.74, 6) is 0. The van der Waals surface area contributed by atoms with E-state index in [0.717, 1.165) is 5.56 Å². The summed E-state index contributed by atoms with van der Waals surface area (Å²) < 4.78 is 0. The smallest absolute Gasteiger partial charge is 0.216 e. The first-order chi connectivity index (χ1) is 5.74. The van der Waals surface area contributed by atoms with Crippen molar-refractivity contribution in [3.8, 4) is 6.07 Å². The Morgan fingerprint density at radius 2 is 2.00 bits per heavy atom. The van der Waals surface area contributed by atoms with E-state index in [4.69, 9.17) is 5.26 Å². The molecule has 0 atom stereocenters. The van der Waals surface area contributed by atoms with Crippen LogP contribution in [0.15, 0.2) is 24.3 Å². The number of nitrogens with zero attached hydrogens (tertiary/aromatic N) is 1. The minimum atomic E-state index is -0.251. The van der Waals surface area contributed by atoms with E-state index in [-0.39, 0.29) is 5.12 Å². The number of carbonyl (C=O) groups excluding carboxylic acids is 1. The Bertz CT molecular complexity index is 323. The Morgan fingerprint density at radius 3 is 2.42 bits per heavy atom. The first-order valence-corrected chi connectivity index (χ1v) is 3.88. The van der Waals surface area contributed by atoms with E-state index >= 15 is 0 Å². The molecule has 1 rings (SSSR count). The van der Waals surface area contributed by atoms with E-state index < -0.39 is 0 Å². The standard InChI is InChI=1S/C9H7NOS/c10-6-5-7-1-3-8(4-2-7)9(11)12/h1-4H,5H2,(H,11,12). The van der Waals surface area contributed by atoms with Crippen LogP contribution >= 0.6 is 12.6 Å². The third-order valence-electron chi connectivity index (χ3n) is 1.48. The van der Waals surface area contributed by atoms with E-state index in [1.807, 2.05) is 6.07 Å². The number of hydrogen-bond donors (Lipinski definition) is 1. The average Bonchev–Trinajstić information content (AvgIpc) is 2.06. The molecule has 0 unspecified atom stereocenters. The summed E-state index contributed by atoms with van der Waals surface area (Å²) in [6.07, 6.45) is 0.376. The lowest BCUT2D eigenvalue weighted by atomic mass is 10.1. The zero-order chi connectivity index (χ0) is 8.97. The molecule has 1 aromatic carbocycles. The quantitative estimate of drug-likeness (QED) is 0.700. The van der Waals surface area contributed by atoms with Gasteiger partial charge in [0.1, 0.15) is 0 Å². The molecule has 0 radical (unpaired) electrons. The van der Waals surface area contributed by atoms with Crippen LogP contribution in [0.3, 0.4) is 0 Å². The number of benzene rings is 1. The fourth-order valence-corrected chi connectivity index (χ4v) is 1.01. The molecule has 0 aliphatic rings. The monoisotopic (exact) mass is 177 g/mol. The first kappa shape index (κ1) is 8.82. The zero-order valence-corrected chi connectivity index (χ0v) is 7.21. The zero-order valence-electron chi connectivity index (χ0n) is 6.32. The fraction of sp³-hybridized carbons (Fsp3) is 0.111. The van der Waals surface area contributed by atoms with Crippen molar-refractivity contribution >= 4 is 17.7 Å². The highest BCUT2D eigenvalue weighted by molar-refractivity contribution is 7.97. The summed E-state index contributed by atoms with van der Waals surface area (Å²) in [4.78, 5) is 10.7. The highest BCUT2D eigenvalue weighted by Crippen LogP contribution is 2.06. The van der Waals surface area contributed by atoms with Crippen LogP contribution in [0.1, 0.15) is 15.9 Å². The van der Waals surface area contributed by atoms with Gasteiger partial charge >= 0.3 is 0 Å². The lowest BCUT2D eigenvalue weighted by Gasteiger charge is -1.95. The minimum Gasteiger partial charge on any atom is -0.282 e. The van der Waals surface area contributed by atoms with Crippen LogP contribution in [0.25, 0.3) is 0 Å². The van der Waals surface area contributed by atoms with Crippen molar-refractivity contribution in [2.75, 3.05) is 0 Å². The Hall–Kier alpha value is -1.27. The lowest BCUT2D eigenvalue weighted by molar-refractivity contribution is 0.109. The molecule has 0 spiro atoms. The molecule has 2 nitrogen and oxygen atoms in total. The van der Waals surface area contributed by atoms with Gasteiger partial charge in [0.15, 0.2) is 0 Å². The summed E-state index contributed by atoms with van der Waals surface area (Å²) in [5, 5.41) is 8.11. The van der Waals surface area contributed by atoms with Crippen LogP contribution in [0, 0.1) is 11.3 Å². The normalized spacial score (nSPS) is 9.00. The van der Waals surface area contributed by atoms with Crippen molar-refractivity contribution in [2.45, 2.75) is 6.42 Å². The summed E-state index contributed by atoms with van der Waals surface area (Å²) in [5.41, 5.74) is 1.47. The minimum absolute atomic E-state index is 0.251. The molecule has 0 heterocycles. The van der Waals surface area contributed by atoms with Crippen molar-refractivity contribution in [2.24, 2.45) is 0 Å². The van der Waals surface area contributed by atoms with Crippen LogP contribution in [-0.4, -0.2) is 5.12 Å². The van der Waals surface area contributed by atoms with Gasteiger partial charge in [-0.05, 0) is 5.56 Å². The molecule has 60 valence electrons. The second-order valence-electron chi connectivity index (χ2n) is 2.34. The van der Waals surface area contributed by atoms with E-state index in [9.17, 15) is 4.79 Å². The molecule has 0 fully saturated rings. The van der Waals surface area contributed by atoms with Crippen molar-refractivity contribution in [3.63, 3.8) is 0 Å². The Labute approximate surface area is 76.2 Å². The number of thiol groups is 1. The van der Waals surface area contributed by atoms with Gasteiger partial charge in [0.05, 0.1) is 12.5 Å². The van der Waals surface area contributed by atoms with Gasteiger partial charge in [-0.3, -0.25) is 4.79 Å². The number of nitriles is 1. The lowest BCUT2D eigenvalue weighted by Crippen LogP contribution is -1.89. The van der Waals surface area contributed by atoms with Crippen LogP contribution in [-0.2, 0) is 6.42 Å².